The van der Waals surface area contributed by atoms with Crippen LogP contribution in [0.3, 0.4) is 0 Å². The molecule has 0 unspecified atom stereocenters. The van der Waals surface area contributed by atoms with Crippen molar-refractivity contribution >= 4 is 5.91 Å². The van der Waals surface area contributed by atoms with Crippen LogP contribution in [-0.4, -0.2) is 68.8 Å². The molecule has 1 N–H and O–H groups in total. The van der Waals surface area contributed by atoms with Gasteiger partial charge in [0.15, 0.2) is 5.82 Å². The monoisotopic (exact) mass is 444 g/mol. The van der Waals surface area contributed by atoms with Crippen LogP contribution in [0.2, 0.25) is 0 Å². The number of hydrogen-bond acceptors (Lipinski definition) is 6. The average molecular weight is 445 g/mol. The predicted octanol–water partition coefficient (Wildman–Crippen LogP) is 3.46. The van der Waals surface area contributed by atoms with Gasteiger partial charge in [0.25, 0.3) is 5.91 Å². The molecule has 2 aromatic heterocycles. The number of carbonyl (C=O) groups is 1. The zero-order chi connectivity index (χ0) is 23.2. The number of benzene rings is 1. The summed E-state index contributed by atoms with van der Waals surface area (Å²) in [4.78, 5) is 21.3. The average Bonchev–Trinajstić information content (AvgIpc) is 3.25. The fraction of sp³-hybridized carbons (Fsp3) is 0.360. The third-order valence-corrected chi connectivity index (χ3v) is 6.04. The molecule has 0 atom stereocenters. The molecule has 1 aliphatic heterocycles. The van der Waals surface area contributed by atoms with Gasteiger partial charge in [-0.25, -0.2) is 4.98 Å². The van der Waals surface area contributed by atoms with E-state index < -0.39 is 0 Å². The Bertz CT molecular complexity index is 1130. The Morgan fingerprint density at radius 1 is 1.12 bits per heavy atom. The first-order chi connectivity index (χ1) is 16.1. The van der Waals surface area contributed by atoms with Gasteiger partial charge in [-0.1, -0.05) is 18.6 Å². The van der Waals surface area contributed by atoms with Gasteiger partial charge in [-0.05, 0) is 68.7 Å². The summed E-state index contributed by atoms with van der Waals surface area (Å²) in [5.74, 6) is 0.286. The quantitative estimate of drug-likeness (QED) is 0.599. The largest absolute Gasteiger partial charge is 0.493 e. The molecule has 3 aromatic rings. The Labute approximate surface area is 193 Å². The van der Waals surface area contributed by atoms with E-state index in [2.05, 4.69) is 21.1 Å². The van der Waals surface area contributed by atoms with Gasteiger partial charge in [-0.3, -0.25) is 4.79 Å². The molecule has 0 spiro atoms. The van der Waals surface area contributed by atoms with E-state index >= 15 is 0 Å². The number of pyridine rings is 1. The molecule has 0 radical (unpaired) electrons. The lowest BCUT2D eigenvalue weighted by atomic mass is 10.1. The topological polar surface area (TPSA) is 98.3 Å². The van der Waals surface area contributed by atoms with Crippen LogP contribution in [0.15, 0.2) is 48.8 Å². The van der Waals surface area contributed by atoms with Crippen molar-refractivity contribution in [2.24, 2.45) is 0 Å². The minimum Gasteiger partial charge on any atom is -0.493 e. The van der Waals surface area contributed by atoms with E-state index in [1.165, 1.54) is 30.1 Å². The van der Waals surface area contributed by atoms with Gasteiger partial charge in [-0.15, -0.1) is 0 Å². The first-order valence-corrected chi connectivity index (χ1v) is 11.3. The molecule has 0 saturated carbocycles. The molecule has 8 nitrogen and oxygen atoms in total. The number of likely N-dealkylation sites (tertiary alicyclic amines) is 1. The molecule has 1 aliphatic rings. The second kappa shape index (κ2) is 10.3. The van der Waals surface area contributed by atoms with Crippen molar-refractivity contribution in [1.82, 2.24) is 24.6 Å². The Morgan fingerprint density at radius 3 is 2.55 bits per heavy atom. The van der Waals surface area contributed by atoms with Gasteiger partial charge in [0.05, 0.1) is 29.0 Å². The van der Waals surface area contributed by atoms with Crippen molar-refractivity contribution in [1.29, 1.82) is 5.26 Å². The maximum absolute atomic E-state index is 12.8. The second-order valence-corrected chi connectivity index (χ2v) is 8.37. The van der Waals surface area contributed by atoms with Crippen LogP contribution in [0, 0.1) is 11.3 Å². The Balaban J connectivity index is 1.39. The number of hydrogen-bond donors (Lipinski definition) is 1. The van der Waals surface area contributed by atoms with Crippen LogP contribution >= 0.6 is 0 Å². The first-order valence-electron chi connectivity index (χ1n) is 11.3. The standard InChI is InChI=1S/C25H28N6O2/c1-29(12-5-15-30-13-3-2-4-14-30)24(32)21-10-11-23(27-17-21)31-25(33)22(18-28-31)20-8-6-19(16-26)7-9-20/h6-11,17-18,33H,2-5,12-15H2,1H3. The molecule has 0 bridgehead atoms. The number of rotatable bonds is 7. The van der Waals surface area contributed by atoms with Crippen LogP contribution in [-0.2, 0) is 0 Å². The third-order valence-electron chi connectivity index (χ3n) is 6.04. The van der Waals surface area contributed by atoms with E-state index in [1.807, 2.05) is 7.05 Å². The molecule has 1 aromatic carbocycles. The summed E-state index contributed by atoms with van der Waals surface area (Å²) in [5, 5.41) is 23.8. The summed E-state index contributed by atoms with van der Waals surface area (Å²) in [5.41, 5.74) is 2.33. The second-order valence-electron chi connectivity index (χ2n) is 8.37. The highest BCUT2D eigenvalue weighted by molar-refractivity contribution is 5.93. The lowest BCUT2D eigenvalue weighted by Gasteiger charge is -2.27. The summed E-state index contributed by atoms with van der Waals surface area (Å²) >= 11 is 0. The molecule has 4 rings (SSSR count). The number of nitrogens with zero attached hydrogens (tertiary/aromatic N) is 6. The number of amides is 1. The fourth-order valence-electron chi connectivity index (χ4n) is 4.11. The number of nitriles is 1. The lowest BCUT2D eigenvalue weighted by Crippen LogP contribution is -2.34. The van der Waals surface area contributed by atoms with E-state index in [4.69, 9.17) is 5.26 Å². The summed E-state index contributed by atoms with van der Waals surface area (Å²) in [7, 11) is 1.82. The predicted molar refractivity (Wildman–Crippen MR) is 125 cm³/mol. The van der Waals surface area contributed by atoms with Crippen LogP contribution in [0.5, 0.6) is 5.88 Å². The van der Waals surface area contributed by atoms with Crippen LogP contribution in [0.25, 0.3) is 16.9 Å². The maximum Gasteiger partial charge on any atom is 0.255 e. The third kappa shape index (κ3) is 5.21. The summed E-state index contributed by atoms with van der Waals surface area (Å²) in [6.07, 6.45) is 7.88. The minimum absolute atomic E-state index is 0.0545. The van der Waals surface area contributed by atoms with Crippen LogP contribution in [0.1, 0.15) is 41.6 Å². The SMILES string of the molecule is CN(CCCN1CCCCC1)C(=O)c1ccc(-n2ncc(-c3ccc(C#N)cc3)c2O)nc1. The van der Waals surface area contributed by atoms with E-state index in [-0.39, 0.29) is 11.8 Å². The van der Waals surface area contributed by atoms with E-state index in [0.29, 0.717) is 29.1 Å². The fourth-order valence-corrected chi connectivity index (χ4v) is 4.11. The van der Waals surface area contributed by atoms with Crippen molar-refractivity contribution in [2.45, 2.75) is 25.7 Å². The van der Waals surface area contributed by atoms with Crippen molar-refractivity contribution < 1.29 is 9.90 Å². The summed E-state index contributed by atoms with van der Waals surface area (Å²) in [6, 6.07) is 12.3. The van der Waals surface area contributed by atoms with Crippen molar-refractivity contribution in [2.75, 3.05) is 33.2 Å². The number of aromatic nitrogens is 3. The van der Waals surface area contributed by atoms with Crippen LogP contribution < -0.4 is 0 Å². The van der Waals surface area contributed by atoms with Gasteiger partial charge in [0.2, 0.25) is 5.88 Å². The molecule has 8 heteroatoms. The molecule has 1 fully saturated rings. The van der Waals surface area contributed by atoms with E-state index in [0.717, 1.165) is 31.6 Å². The number of carbonyl (C=O) groups excluding carboxylic acids is 1. The summed E-state index contributed by atoms with van der Waals surface area (Å²) in [6.45, 7) is 4.05. The van der Waals surface area contributed by atoms with Crippen LogP contribution in [0.4, 0.5) is 0 Å². The Morgan fingerprint density at radius 2 is 1.88 bits per heavy atom. The van der Waals surface area contributed by atoms with Gasteiger partial charge in [0, 0.05) is 19.8 Å². The summed E-state index contributed by atoms with van der Waals surface area (Å²) < 4.78 is 1.32. The van der Waals surface area contributed by atoms with Gasteiger partial charge in [0.1, 0.15) is 0 Å². The lowest BCUT2D eigenvalue weighted by molar-refractivity contribution is 0.0786. The van der Waals surface area contributed by atoms with Crippen molar-refractivity contribution in [3.05, 3.63) is 59.9 Å². The van der Waals surface area contributed by atoms with E-state index in [1.54, 1.807) is 47.5 Å². The van der Waals surface area contributed by atoms with Crippen molar-refractivity contribution in [3.8, 4) is 28.9 Å². The molecular formula is C25H28N6O2. The van der Waals surface area contributed by atoms with Gasteiger partial charge >= 0.3 is 0 Å². The molecule has 3 heterocycles. The highest BCUT2D eigenvalue weighted by Gasteiger charge is 2.17. The van der Waals surface area contributed by atoms with Crippen molar-refractivity contribution in [3.63, 3.8) is 0 Å². The smallest absolute Gasteiger partial charge is 0.255 e. The van der Waals surface area contributed by atoms with E-state index in [9.17, 15) is 9.90 Å². The number of aromatic hydroxyl groups is 1. The molecule has 0 aliphatic carbocycles. The zero-order valence-corrected chi connectivity index (χ0v) is 18.8. The Hall–Kier alpha value is -3.70. The van der Waals surface area contributed by atoms with Gasteiger partial charge < -0.3 is 14.9 Å². The Kier molecular flexibility index (Phi) is 7.01. The maximum atomic E-state index is 12.8. The minimum atomic E-state index is -0.0735. The van der Waals surface area contributed by atoms with Gasteiger partial charge in [-0.2, -0.15) is 15.0 Å². The molecule has 1 saturated heterocycles. The highest BCUT2D eigenvalue weighted by Crippen LogP contribution is 2.30. The molecule has 1 amide bonds. The normalized spacial score (nSPS) is 14.1. The first kappa shape index (κ1) is 22.5. The highest BCUT2D eigenvalue weighted by atomic mass is 16.3. The molecule has 33 heavy (non-hydrogen) atoms. The molecule has 170 valence electrons. The zero-order valence-electron chi connectivity index (χ0n) is 18.8. The molecular weight excluding hydrogens is 416 g/mol. The number of piperidine rings is 1.